The molecule has 0 spiro atoms. The van der Waals surface area contributed by atoms with Gasteiger partial charge in [0.1, 0.15) is 5.60 Å². The zero-order valence-corrected chi connectivity index (χ0v) is 17.6. The van der Waals surface area contributed by atoms with Gasteiger partial charge in [0.2, 0.25) is 0 Å². The molecule has 8 nitrogen and oxygen atoms in total. The van der Waals surface area contributed by atoms with Gasteiger partial charge in [-0.15, -0.1) is 0 Å². The van der Waals surface area contributed by atoms with Gasteiger partial charge in [-0.05, 0) is 46.2 Å². The molecule has 0 aliphatic carbocycles. The molecule has 1 unspecified atom stereocenters. The van der Waals surface area contributed by atoms with Crippen LogP contribution in [-0.2, 0) is 19.0 Å². The number of alkyl carbamates (subject to hydrolysis) is 1. The van der Waals surface area contributed by atoms with Gasteiger partial charge < -0.3 is 24.4 Å². The largest absolute Gasteiger partial charge is 0.469 e. The number of hydrogen-bond acceptors (Lipinski definition) is 7. The molecule has 1 N–H and O–H groups in total. The van der Waals surface area contributed by atoms with Crippen molar-refractivity contribution in [1.29, 1.82) is 0 Å². The first-order chi connectivity index (χ1) is 13.0. The highest BCUT2D eigenvalue weighted by atomic mass is 16.6. The fourth-order valence-electron chi connectivity index (χ4n) is 3.00. The molecular weight excluding hydrogens is 362 g/mol. The molecule has 28 heavy (non-hydrogen) atoms. The fraction of sp³-hybridized carbons (Fsp3) is 0.650. The molecule has 1 aromatic rings. The highest BCUT2D eigenvalue weighted by molar-refractivity contribution is 5.73. The molecule has 0 bridgehead atoms. The van der Waals surface area contributed by atoms with Crippen molar-refractivity contribution in [3.05, 3.63) is 24.0 Å². The number of anilines is 1. The summed E-state index contributed by atoms with van der Waals surface area (Å²) in [5.74, 6) is -0.432. The summed E-state index contributed by atoms with van der Waals surface area (Å²) in [4.78, 5) is 30.6. The third-order valence-corrected chi connectivity index (χ3v) is 4.23. The van der Waals surface area contributed by atoms with Crippen LogP contribution in [0.1, 0.15) is 52.6 Å². The predicted molar refractivity (Wildman–Crippen MR) is 105 cm³/mol. The molecule has 1 aromatic heterocycles. The number of ether oxygens (including phenoxy) is 3. The standard InChI is InChI=1S/C20H31N3O5/c1-19(2,3)28-18(25)22-16(10-17(24)26-6)14-9-15(12-21-11-14)23-7-8-27-20(4,5)13-23/h9,11-12,16H,7-8,10,13H2,1-6H3,(H,22,25). The smallest absolute Gasteiger partial charge is 0.408 e. The normalized spacial score (nSPS) is 17.6. The lowest BCUT2D eigenvalue weighted by Gasteiger charge is -2.39. The van der Waals surface area contributed by atoms with Gasteiger partial charge in [0.05, 0.1) is 43.7 Å². The van der Waals surface area contributed by atoms with Crippen molar-refractivity contribution in [2.75, 3.05) is 31.7 Å². The SMILES string of the molecule is COC(=O)CC(NC(=O)OC(C)(C)C)c1cncc(N2CCOC(C)(C)C2)c1. The van der Waals surface area contributed by atoms with E-state index in [4.69, 9.17) is 14.2 Å². The first-order valence-electron chi connectivity index (χ1n) is 9.39. The highest BCUT2D eigenvalue weighted by Gasteiger charge is 2.28. The summed E-state index contributed by atoms with van der Waals surface area (Å²) in [6, 6.07) is 1.32. The van der Waals surface area contributed by atoms with E-state index in [-0.39, 0.29) is 12.0 Å². The van der Waals surface area contributed by atoms with Gasteiger partial charge in [-0.2, -0.15) is 0 Å². The zero-order valence-electron chi connectivity index (χ0n) is 17.6. The van der Waals surface area contributed by atoms with E-state index in [0.29, 0.717) is 12.2 Å². The van der Waals surface area contributed by atoms with Gasteiger partial charge in [-0.1, -0.05) is 0 Å². The number of methoxy groups -OCH3 is 1. The maximum Gasteiger partial charge on any atom is 0.408 e. The highest BCUT2D eigenvalue weighted by Crippen LogP contribution is 2.26. The van der Waals surface area contributed by atoms with Gasteiger partial charge in [0.15, 0.2) is 0 Å². The molecule has 1 aliphatic heterocycles. The van der Waals surface area contributed by atoms with Crippen LogP contribution in [0.2, 0.25) is 0 Å². The molecule has 2 heterocycles. The summed E-state index contributed by atoms with van der Waals surface area (Å²) >= 11 is 0. The summed E-state index contributed by atoms with van der Waals surface area (Å²) in [7, 11) is 1.32. The Morgan fingerprint density at radius 2 is 2.07 bits per heavy atom. The minimum atomic E-state index is -0.640. The minimum Gasteiger partial charge on any atom is -0.469 e. The van der Waals surface area contributed by atoms with Crippen molar-refractivity contribution in [3.8, 4) is 0 Å². The average Bonchev–Trinajstić information content (AvgIpc) is 2.58. The summed E-state index contributed by atoms with van der Waals surface area (Å²) in [5, 5.41) is 2.76. The number of amides is 1. The number of rotatable bonds is 5. The third kappa shape index (κ3) is 6.67. The lowest BCUT2D eigenvalue weighted by Crippen LogP contribution is -2.48. The number of carbonyl (C=O) groups excluding carboxylic acids is 2. The molecule has 156 valence electrons. The number of pyridine rings is 1. The Balaban J connectivity index is 2.22. The second kappa shape index (κ2) is 8.77. The van der Waals surface area contributed by atoms with Crippen molar-refractivity contribution < 1.29 is 23.8 Å². The first kappa shape index (κ1) is 21.9. The minimum absolute atomic E-state index is 0.0184. The Morgan fingerprint density at radius 1 is 1.36 bits per heavy atom. The Hall–Kier alpha value is -2.35. The molecule has 0 saturated carbocycles. The van der Waals surface area contributed by atoms with Crippen LogP contribution in [0.25, 0.3) is 0 Å². The van der Waals surface area contributed by atoms with Crippen LogP contribution in [0.3, 0.4) is 0 Å². The molecule has 0 radical (unpaired) electrons. The Morgan fingerprint density at radius 3 is 2.68 bits per heavy atom. The molecular formula is C20H31N3O5. The molecule has 2 rings (SSSR count). The number of morpholine rings is 1. The van der Waals surface area contributed by atoms with E-state index in [9.17, 15) is 9.59 Å². The van der Waals surface area contributed by atoms with Crippen LogP contribution in [0.5, 0.6) is 0 Å². The first-order valence-corrected chi connectivity index (χ1v) is 9.39. The number of aromatic nitrogens is 1. The van der Waals surface area contributed by atoms with E-state index >= 15 is 0 Å². The maximum atomic E-state index is 12.3. The van der Waals surface area contributed by atoms with E-state index in [1.807, 2.05) is 19.9 Å². The molecule has 0 aromatic carbocycles. The van der Waals surface area contributed by atoms with Crippen LogP contribution < -0.4 is 10.2 Å². The molecule has 8 heteroatoms. The Labute approximate surface area is 166 Å². The fourth-order valence-corrected chi connectivity index (χ4v) is 3.00. The summed E-state index contributed by atoms with van der Waals surface area (Å²) in [6.07, 6.45) is 2.79. The number of hydrogen-bond donors (Lipinski definition) is 1. The van der Waals surface area contributed by atoms with Gasteiger partial charge in [0, 0.05) is 19.3 Å². The molecule has 1 atom stereocenters. The lowest BCUT2D eigenvalue weighted by molar-refractivity contribution is -0.141. The van der Waals surface area contributed by atoms with Crippen LogP contribution in [-0.4, -0.2) is 55.1 Å². The number of nitrogens with one attached hydrogen (secondary N) is 1. The number of nitrogens with zero attached hydrogens (tertiary/aromatic N) is 2. The van der Waals surface area contributed by atoms with E-state index < -0.39 is 23.7 Å². The van der Waals surface area contributed by atoms with Crippen molar-refractivity contribution >= 4 is 17.7 Å². The summed E-state index contributed by atoms with van der Waals surface area (Å²) in [6.45, 7) is 11.5. The average molecular weight is 393 g/mol. The number of esters is 1. The Kier molecular flexibility index (Phi) is 6.87. The molecule has 1 aliphatic rings. The third-order valence-electron chi connectivity index (χ3n) is 4.23. The van der Waals surface area contributed by atoms with Gasteiger partial charge in [-0.3, -0.25) is 9.78 Å². The predicted octanol–water partition coefficient (Wildman–Crippen LogP) is 2.83. The van der Waals surface area contributed by atoms with Crippen molar-refractivity contribution in [2.45, 2.75) is 58.3 Å². The van der Waals surface area contributed by atoms with E-state index in [1.165, 1.54) is 7.11 Å². The van der Waals surface area contributed by atoms with Crippen LogP contribution in [0.15, 0.2) is 18.5 Å². The molecule has 1 amide bonds. The molecule has 1 saturated heterocycles. The van der Waals surface area contributed by atoms with Crippen LogP contribution in [0, 0.1) is 0 Å². The molecule has 1 fully saturated rings. The van der Waals surface area contributed by atoms with Crippen LogP contribution in [0.4, 0.5) is 10.5 Å². The summed E-state index contributed by atoms with van der Waals surface area (Å²) < 4.78 is 15.9. The van der Waals surface area contributed by atoms with Crippen molar-refractivity contribution in [3.63, 3.8) is 0 Å². The zero-order chi connectivity index (χ0) is 20.9. The summed E-state index contributed by atoms with van der Waals surface area (Å²) in [5.41, 5.74) is 0.723. The second-order valence-corrected chi connectivity index (χ2v) is 8.49. The van der Waals surface area contributed by atoms with Gasteiger partial charge >= 0.3 is 12.1 Å². The van der Waals surface area contributed by atoms with Gasteiger partial charge in [0.25, 0.3) is 0 Å². The number of carbonyl (C=O) groups is 2. The van der Waals surface area contributed by atoms with E-state index in [2.05, 4.69) is 15.2 Å². The van der Waals surface area contributed by atoms with Crippen molar-refractivity contribution in [1.82, 2.24) is 10.3 Å². The monoisotopic (exact) mass is 393 g/mol. The lowest BCUT2D eigenvalue weighted by atomic mass is 10.0. The van der Waals surface area contributed by atoms with Gasteiger partial charge in [-0.25, -0.2) is 4.79 Å². The van der Waals surface area contributed by atoms with Crippen LogP contribution >= 0.6 is 0 Å². The quantitative estimate of drug-likeness (QED) is 0.769. The van der Waals surface area contributed by atoms with E-state index in [1.54, 1.807) is 33.2 Å². The van der Waals surface area contributed by atoms with Crippen molar-refractivity contribution in [2.24, 2.45) is 0 Å². The topological polar surface area (TPSA) is 90.0 Å². The van der Waals surface area contributed by atoms with E-state index in [0.717, 1.165) is 18.8 Å². The maximum absolute atomic E-state index is 12.3. The Bertz CT molecular complexity index is 699. The second-order valence-electron chi connectivity index (χ2n) is 8.49.